The number of carbonyl (C=O) groups excluding carboxylic acids is 1. The van der Waals surface area contributed by atoms with Crippen LogP contribution in [0.4, 0.5) is 27.6 Å². The number of pyridine rings is 1. The number of nitrogens with zero attached hydrogens (tertiary/aromatic N) is 1. The highest BCUT2D eigenvalue weighted by Crippen LogP contribution is 2.55. The van der Waals surface area contributed by atoms with Crippen LogP contribution >= 0.6 is 11.8 Å². The molecule has 4 atom stereocenters. The third-order valence-corrected chi connectivity index (χ3v) is 6.51. The molecule has 5 nitrogen and oxygen atoms in total. The van der Waals surface area contributed by atoms with Gasteiger partial charge in [0.25, 0.3) is 5.91 Å². The van der Waals surface area contributed by atoms with Crippen LogP contribution in [0.3, 0.4) is 0 Å². The summed E-state index contributed by atoms with van der Waals surface area (Å²) in [5.74, 6) is -6.53. The number of aromatic nitrogens is 1. The van der Waals surface area contributed by atoms with Gasteiger partial charge in [0.1, 0.15) is 6.10 Å². The highest BCUT2D eigenvalue weighted by atomic mass is 32.2. The number of ether oxygens (including phenoxy) is 2. The zero-order valence-corrected chi connectivity index (χ0v) is 19.1. The van der Waals surface area contributed by atoms with Gasteiger partial charge in [0.05, 0.1) is 11.6 Å². The van der Waals surface area contributed by atoms with Crippen molar-refractivity contribution in [2.75, 3.05) is 18.2 Å². The normalized spacial score (nSPS) is 25.2. The fourth-order valence-corrected chi connectivity index (χ4v) is 4.35. The summed E-state index contributed by atoms with van der Waals surface area (Å²) in [6.45, 7) is 3.58. The number of rotatable bonds is 6. The first-order valence-corrected chi connectivity index (χ1v) is 11.3. The van der Waals surface area contributed by atoms with Crippen molar-refractivity contribution in [3.05, 3.63) is 47.7 Å². The minimum Gasteiger partial charge on any atom is -0.490 e. The maximum Gasteiger partial charge on any atom is 0.417 e. The second-order valence-electron chi connectivity index (χ2n) is 7.75. The van der Waals surface area contributed by atoms with E-state index in [0.29, 0.717) is 10.7 Å². The molecule has 3 rings (SSSR count). The summed E-state index contributed by atoms with van der Waals surface area (Å²) < 4.78 is 81.0. The molecular formula is C22H23F5N2O3S. The number of amides is 1. The fourth-order valence-electron chi connectivity index (χ4n) is 3.94. The Kier molecular flexibility index (Phi) is 7.23. The lowest BCUT2D eigenvalue weighted by Crippen LogP contribution is -2.47. The van der Waals surface area contributed by atoms with Gasteiger partial charge in [0, 0.05) is 29.3 Å². The molecule has 1 aromatic heterocycles. The van der Waals surface area contributed by atoms with Gasteiger partial charge in [-0.1, -0.05) is 13.0 Å². The van der Waals surface area contributed by atoms with E-state index in [2.05, 4.69) is 10.3 Å². The lowest BCUT2D eigenvalue weighted by molar-refractivity contribution is -0.272. The molecule has 180 valence electrons. The Bertz CT molecular complexity index is 1040. The Hall–Kier alpha value is -2.40. The molecule has 1 fully saturated rings. The van der Waals surface area contributed by atoms with E-state index < -0.39 is 53.0 Å². The zero-order chi connectivity index (χ0) is 24.6. The molecule has 1 aromatic carbocycles. The molecule has 2 aromatic rings. The van der Waals surface area contributed by atoms with E-state index in [4.69, 9.17) is 9.47 Å². The van der Waals surface area contributed by atoms with Gasteiger partial charge in [-0.2, -0.15) is 17.6 Å². The molecule has 0 bridgehead atoms. The van der Waals surface area contributed by atoms with Gasteiger partial charge in [0.15, 0.2) is 17.2 Å². The Morgan fingerprint density at radius 1 is 1.30 bits per heavy atom. The van der Waals surface area contributed by atoms with Gasteiger partial charge in [-0.15, -0.1) is 11.8 Å². The lowest BCUT2D eigenvalue weighted by atomic mass is 9.77. The SMILES string of the molecule is CCOc1c([C@@H]2[C@@H](C(=O)Nc3ccnc(SC)c3)O[C@](C)(C(F)(F)F)[C@@H]2C)ccc(F)c1F. The molecule has 0 spiro atoms. The van der Waals surface area contributed by atoms with Crippen molar-refractivity contribution in [1.29, 1.82) is 0 Å². The Morgan fingerprint density at radius 3 is 2.61 bits per heavy atom. The average Bonchev–Trinajstić information content (AvgIpc) is 3.04. The molecule has 1 saturated heterocycles. The van der Waals surface area contributed by atoms with E-state index in [1.807, 2.05) is 0 Å². The lowest BCUT2D eigenvalue weighted by Gasteiger charge is -2.32. The van der Waals surface area contributed by atoms with Crippen LogP contribution in [-0.2, 0) is 9.53 Å². The predicted octanol–water partition coefficient (Wildman–Crippen LogP) is 5.56. The van der Waals surface area contributed by atoms with Crippen molar-refractivity contribution in [3.8, 4) is 5.75 Å². The third kappa shape index (κ3) is 4.65. The van der Waals surface area contributed by atoms with Gasteiger partial charge in [-0.25, -0.2) is 9.37 Å². The van der Waals surface area contributed by atoms with Crippen molar-refractivity contribution < 1.29 is 36.2 Å². The predicted molar refractivity (Wildman–Crippen MR) is 113 cm³/mol. The molecule has 1 amide bonds. The van der Waals surface area contributed by atoms with Crippen molar-refractivity contribution in [1.82, 2.24) is 4.98 Å². The highest BCUT2D eigenvalue weighted by Gasteiger charge is 2.65. The topological polar surface area (TPSA) is 60.5 Å². The van der Waals surface area contributed by atoms with Crippen molar-refractivity contribution in [3.63, 3.8) is 0 Å². The molecule has 0 radical (unpaired) electrons. The fraction of sp³-hybridized carbons (Fsp3) is 0.455. The summed E-state index contributed by atoms with van der Waals surface area (Å²) in [6, 6.07) is 4.97. The molecule has 33 heavy (non-hydrogen) atoms. The molecule has 0 saturated carbocycles. The molecule has 1 aliphatic heterocycles. The molecule has 0 unspecified atom stereocenters. The number of alkyl halides is 3. The van der Waals surface area contributed by atoms with Crippen LogP contribution in [0.1, 0.15) is 32.3 Å². The Balaban J connectivity index is 2.08. The number of thioether (sulfide) groups is 1. The van der Waals surface area contributed by atoms with Crippen molar-refractivity contribution >= 4 is 23.4 Å². The molecule has 1 N–H and O–H groups in total. The van der Waals surface area contributed by atoms with Gasteiger partial charge in [-0.05, 0) is 38.3 Å². The standard InChI is InChI=1S/C22H23F5N2O3S/c1-5-31-18-13(6-7-14(23)17(18)24)16-11(2)21(3,22(25,26)27)32-19(16)20(30)29-12-8-9-28-15(10-12)33-4/h6-11,16,19H,5H2,1-4H3,(H,28,29,30)/t11-,16-,19+,21+/m1/s1. The molecule has 0 aliphatic carbocycles. The van der Waals surface area contributed by atoms with Crippen LogP contribution in [0, 0.1) is 17.6 Å². The summed E-state index contributed by atoms with van der Waals surface area (Å²) >= 11 is 1.32. The van der Waals surface area contributed by atoms with Crippen LogP contribution in [-0.4, -0.2) is 41.6 Å². The number of carbonyl (C=O) groups is 1. The van der Waals surface area contributed by atoms with Gasteiger partial charge < -0.3 is 14.8 Å². The van der Waals surface area contributed by atoms with E-state index in [-0.39, 0.29) is 12.2 Å². The summed E-state index contributed by atoms with van der Waals surface area (Å²) in [5, 5.41) is 3.14. The summed E-state index contributed by atoms with van der Waals surface area (Å²) in [4.78, 5) is 17.2. The molecule has 2 heterocycles. The number of benzene rings is 1. The number of anilines is 1. The third-order valence-electron chi connectivity index (χ3n) is 5.87. The first-order chi connectivity index (χ1) is 15.4. The van der Waals surface area contributed by atoms with Gasteiger partial charge in [-0.3, -0.25) is 4.79 Å². The van der Waals surface area contributed by atoms with E-state index in [9.17, 15) is 26.7 Å². The number of hydrogen-bond donors (Lipinski definition) is 1. The smallest absolute Gasteiger partial charge is 0.417 e. The Morgan fingerprint density at radius 2 is 2.00 bits per heavy atom. The second kappa shape index (κ2) is 9.46. The first-order valence-electron chi connectivity index (χ1n) is 10.1. The summed E-state index contributed by atoms with van der Waals surface area (Å²) in [7, 11) is 0. The Labute approximate surface area is 192 Å². The first kappa shape index (κ1) is 25.2. The summed E-state index contributed by atoms with van der Waals surface area (Å²) in [5.41, 5.74) is -2.47. The minimum absolute atomic E-state index is 0.0583. The van der Waals surface area contributed by atoms with Crippen LogP contribution in [0.5, 0.6) is 5.75 Å². The maximum absolute atomic E-state index is 14.5. The van der Waals surface area contributed by atoms with Crippen LogP contribution in [0.2, 0.25) is 0 Å². The largest absolute Gasteiger partial charge is 0.490 e. The van der Waals surface area contributed by atoms with E-state index in [1.165, 1.54) is 37.9 Å². The maximum atomic E-state index is 14.5. The monoisotopic (exact) mass is 490 g/mol. The van der Waals surface area contributed by atoms with Gasteiger partial charge in [0.2, 0.25) is 5.82 Å². The van der Waals surface area contributed by atoms with Crippen molar-refractivity contribution in [2.24, 2.45) is 5.92 Å². The number of halogens is 5. The van der Waals surface area contributed by atoms with Gasteiger partial charge >= 0.3 is 6.18 Å². The number of nitrogens with one attached hydrogen (secondary N) is 1. The van der Waals surface area contributed by atoms with Crippen molar-refractivity contribution in [2.45, 2.75) is 49.6 Å². The minimum atomic E-state index is -4.83. The second-order valence-corrected chi connectivity index (χ2v) is 8.57. The highest BCUT2D eigenvalue weighted by molar-refractivity contribution is 7.98. The van der Waals surface area contributed by atoms with Crippen LogP contribution < -0.4 is 10.1 Å². The average molecular weight is 490 g/mol. The van der Waals surface area contributed by atoms with Crippen LogP contribution in [0.15, 0.2) is 35.5 Å². The summed E-state index contributed by atoms with van der Waals surface area (Å²) in [6.07, 6.45) is -3.26. The quantitative estimate of drug-likeness (QED) is 0.425. The van der Waals surface area contributed by atoms with E-state index in [0.717, 1.165) is 19.1 Å². The van der Waals surface area contributed by atoms with E-state index in [1.54, 1.807) is 12.3 Å². The molecule has 11 heteroatoms. The van der Waals surface area contributed by atoms with E-state index >= 15 is 0 Å². The number of hydrogen-bond acceptors (Lipinski definition) is 5. The molecule has 1 aliphatic rings. The van der Waals surface area contributed by atoms with Crippen LogP contribution in [0.25, 0.3) is 0 Å². The molecular weight excluding hydrogens is 467 g/mol. The zero-order valence-electron chi connectivity index (χ0n) is 18.3.